The third kappa shape index (κ3) is 6.54. The molecule has 0 aliphatic carbocycles. The van der Waals surface area contributed by atoms with Gasteiger partial charge in [0.2, 0.25) is 5.88 Å². The minimum atomic E-state index is -0.749. The molecule has 2 aromatic heterocycles. The van der Waals surface area contributed by atoms with E-state index in [0.717, 1.165) is 10.6 Å². The van der Waals surface area contributed by atoms with Crippen molar-refractivity contribution in [3.63, 3.8) is 0 Å². The summed E-state index contributed by atoms with van der Waals surface area (Å²) in [6, 6.07) is 18.4. The van der Waals surface area contributed by atoms with Crippen LogP contribution in [-0.2, 0) is 22.6 Å². The first-order valence-electron chi connectivity index (χ1n) is 12.0. The molecule has 0 bridgehead atoms. The predicted molar refractivity (Wildman–Crippen MR) is 145 cm³/mol. The number of anilines is 2. The molecule has 1 N–H and O–H groups in total. The van der Waals surface area contributed by atoms with Crippen molar-refractivity contribution in [3.8, 4) is 17.7 Å². The highest BCUT2D eigenvalue weighted by atomic mass is 35.5. The van der Waals surface area contributed by atoms with Gasteiger partial charge in [-0.25, -0.2) is 14.2 Å². The van der Waals surface area contributed by atoms with Gasteiger partial charge in [0.25, 0.3) is 5.56 Å². The van der Waals surface area contributed by atoms with Gasteiger partial charge in [-0.3, -0.25) is 18.7 Å². The number of hydrogen-bond acceptors (Lipinski definition) is 8. The van der Waals surface area contributed by atoms with Crippen LogP contribution in [0.25, 0.3) is 0 Å². The van der Waals surface area contributed by atoms with Gasteiger partial charge in [0.05, 0.1) is 19.6 Å². The van der Waals surface area contributed by atoms with Crippen molar-refractivity contribution >= 4 is 29.1 Å². The van der Waals surface area contributed by atoms with E-state index in [-0.39, 0.29) is 41.9 Å². The fraction of sp³-hybridized carbons (Fsp3) is 0.179. The van der Waals surface area contributed by atoms with Gasteiger partial charge in [-0.1, -0.05) is 36.7 Å². The molecule has 10 nitrogen and oxygen atoms in total. The number of carbonyl (C=O) groups excluding carboxylic acids is 1. The number of pyridine rings is 1. The third-order valence-electron chi connectivity index (χ3n) is 5.85. The molecule has 0 amide bonds. The van der Waals surface area contributed by atoms with Crippen molar-refractivity contribution in [2.45, 2.75) is 20.0 Å². The molecule has 4 rings (SSSR count). The lowest BCUT2D eigenvalue weighted by Crippen LogP contribution is -2.42. The number of halogens is 2. The number of nitrogens with zero attached hydrogens (tertiary/aromatic N) is 4. The van der Waals surface area contributed by atoms with Crippen LogP contribution in [0.1, 0.15) is 18.2 Å². The highest BCUT2D eigenvalue weighted by molar-refractivity contribution is 6.30. The van der Waals surface area contributed by atoms with Gasteiger partial charge in [0.15, 0.2) is 11.6 Å². The molecule has 1 atom stereocenters. The normalized spacial score (nSPS) is 11.4. The predicted octanol–water partition coefficient (Wildman–Crippen LogP) is 4.46. The van der Waals surface area contributed by atoms with E-state index in [1.165, 1.54) is 42.0 Å². The molecule has 204 valence electrons. The molecular weight excluding hydrogens is 541 g/mol. The molecule has 2 aromatic carbocycles. The quantitative estimate of drug-likeness (QED) is 0.296. The number of carbonyl (C=O) groups is 1. The number of hydrogen-bond donors (Lipinski definition) is 1. The van der Waals surface area contributed by atoms with E-state index in [2.05, 4.69) is 10.3 Å². The molecule has 40 heavy (non-hydrogen) atoms. The summed E-state index contributed by atoms with van der Waals surface area (Å²) in [7, 11) is 1.23. The minimum Gasteiger partial charge on any atom is -0.469 e. The Kier molecular flexibility index (Phi) is 8.61. The first kappa shape index (κ1) is 28.1. The summed E-state index contributed by atoms with van der Waals surface area (Å²) in [5.41, 5.74) is -0.273. The van der Waals surface area contributed by atoms with Gasteiger partial charge in [-0.05, 0) is 35.9 Å². The summed E-state index contributed by atoms with van der Waals surface area (Å²) in [6.45, 7) is 1.41. The highest BCUT2D eigenvalue weighted by Gasteiger charge is 2.19. The van der Waals surface area contributed by atoms with Crippen LogP contribution in [-0.4, -0.2) is 27.2 Å². The molecule has 4 aromatic rings. The van der Waals surface area contributed by atoms with Crippen LogP contribution in [0.3, 0.4) is 0 Å². The lowest BCUT2D eigenvalue weighted by molar-refractivity contribution is -0.145. The number of benzene rings is 2. The van der Waals surface area contributed by atoms with Gasteiger partial charge in [-0.2, -0.15) is 5.26 Å². The summed E-state index contributed by atoms with van der Waals surface area (Å²) in [4.78, 5) is 42.3. The van der Waals surface area contributed by atoms with E-state index in [1.54, 1.807) is 37.3 Å². The van der Waals surface area contributed by atoms with Crippen LogP contribution in [0.15, 0.2) is 76.3 Å². The zero-order valence-electron chi connectivity index (χ0n) is 21.4. The van der Waals surface area contributed by atoms with Crippen LogP contribution in [0.2, 0.25) is 5.02 Å². The average Bonchev–Trinajstić information content (AvgIpc) is 2.95. The lowest BCUT2D eigenvalue weighted by atomic mass is 10.2. The second kappa shape index (κ2) is 12.3. The summed E-state index contributed by atoms with van der Waals surface area (Å²) in [5, 5.41) is 12.4. The molecule has 12 heteroatoms. The summed E-state index contributed by atoms with van der Waals surface area (Å²) in [6.07, 6.45) is 0. The van der Waals surface area contributed by atoms with E-state index in [1.807, 2.05) is 6.07 Å². The smallest absolute Gasteiger partial charge is 0.332 e. The molecule has 0 aliphatic heterocycles. The van der Waals surface area contributed by atoms with Crippen LogP contribution in [0.4, 0.5) is 15.9 Å². The van der Waals surface area contributed by atoms with Gasteiger partial charge in [-0.15, -0.1) is 0 Å². The lowest BCUT2D eigenvalue weighted by Gasteiger charge is -2.18. The molecule has 0 unspecified atom stereocenters. The Morgan fingerprint density at radius 2 is 1.88 bits per heavy atom. The molecule has 0 spiro atoms. The number of rotatable bonds is 9. The zero-order chi connectivity index (χ0) is 28.8. The number of aromatic nitrogens is 3. The van der Waals surface area contributed by atoms with Gasteiger partial charge in [0, 0.05) is 35.5 Å². The third-order valence-corrected chi connectivity index (χ3v) is 6.10. The Labute approximate surface area is 232 Å². The summed E-state index contributed by atoms with van der Waals surface area (Å²) >= 11 is 5.99. The number of nitrogens with one attached hydrogen (secondary N) is 1. The van der Waals surface area contributed by atoms with E-state index < -0.39 is 29.0 Å². The molecule has 2 heterocycles. The molecule has 0 radical (unpaired) electrons. The van der Waals surface area contributed by atoms with Crippen molar-refractivity contribution in [2.24, 2.45) is 5.92 Å². The van der Waals surface area contributed by atoms with E-state index >= 15 is 0 Å². The number of nitriles is 1. The van der Waals surface area contributed by atoms with Crippen molar-refractivity contribution < 1.29 is 18.7 Å². The molecule has 0 aliphatic rings. The van der Waals surface area contributed by atoms with E-state index in [0.29, 0.717) is 10.6 Å². The largest absolute Gasteiger partial charge is 0.469 e. The van der Waals surface area contributed by atoms with Crippen LogP contribution in [0, 0.1) is 23.1 Å². The topological polar surface area (TPSA) is 128 Å². The van der Waals surface area contributed by atoms with E-state index in [4.69, 9.17) is 26.3 Å². The van der Waals surface area contributed by atoms with Gasteiger partial charge < -0.3 is 14.8 Å². The Morgan fingerprint density at radius 3 is 2.55 bits per heavy atom. The second-order valence-electron chi connectivity index (χ2n) is 8.74. The Morgan fingerprint density at radius 1 is 1.12 bits per heavy atom. The molecule has 0 saturated heterocycles. The maximum Gasteiger partial charge on any atom is 0.332 e. The molecule has 0 saturated carbocycles. The van der Waals surface area contributed by atoms with Crippen LogP contribution in [0.5, 0.6) is 11.6 Å². The van der Waals surface area contributed by atoms with Crippen molar-refractivity contribution in [1.82, 2.24) is 14.1 Å². The minimum absolute atomic E-state index is 0.0419. The fourth-order valence-electron chi connectivity index (χ4n) is 3.82. The number of ether oxygens (including phenoxy) is 2. The first-order valence-corrected chi connectivity index (χ1v) is 12.3. The maximum atomic E-state index is 14.9. The zero-order valence-corrected chi connectivity index (χ0v) is 22.2. The summed E-state index contributed by atoms with van der Waals surface area (Å²) in [5.74, 6) is -2.06. The van der Waals surface area contributed by atoms with Crippen LogP contribution >= 0.6 is 11.6 Å². The highest BCUT2D eigenvalue weighted by Crippen LogP contribution is 2.27. The fourth-order valence-corrected chi connectivity index (χ4v) is 3.94. The standard InChI is InChI=1S/C28H23ClFN5O5/c1-17(27(37)39-2)15-35-26(36)13-24(34(28(35)38)16-18-6-8-19(29)9-7-18)32-20-10-11-23(22(30)12-20)40-25-5-3-4-21(14-31)33-25/h3-13,17,32H,15-16H2,1-2H3/t17-/m0/s1. The summed E-state index contributed by atoms with van der Waals surface area (Å²) < 4.78 is 27.4. The molecule has 0 fully saturated rings. The maximum absolute atomic E-state index is 14.9. The molecular formula is C28H23ClFN5O5. The second-order valence-corrected chi connectivity index (χ2v) is 9.18. The first-order chi connectivity index (χ1) is 19.2. The monoisotopic (exact) mass is 563 g/mol. The van der Waals surface area contributed by atoms with E-state index in [9.17, 15) is 18.8 Å². The average molecular weight is 564 g/mol. The van der Waals surface area contributed by atoms with Gasteiger partial charge >= 0.3 is 11.7 Å². The number of methoxy groups -OCH3 is 1. The Bertz CT molecular complexity index is 1710. The Balaban J connectivity index is 1.68. The van der Waals surface area contributed by atoms with Crippen molar-refractivity contribution in [3.05, 3.63) is 110 Å². The number of esters is 1. The SMILES string of the molecule is COC(=O)[C@@H](C)Cn1c(=O)cc(Nc2ccc(Oc3cccc(C#N)n3)c(F)c2)n(Cc2ccc(Cl)cc2)c1=O. The van der Waals surface area contributed by atoms with Gasteiger partial charge in [0.1, 0.15) is 17.6 Å². The Hall–Kier alpha value is -4.95. The van der Waals surface area contributed by atoms with Crippen molar-refractivity contribution in [1.29, 1.82) is 5.26 Å². The van der Waals surface area contributed by atoms with Crippen LogP contribution < -0.4 is 21.3 Å². The van der Waals surface area contributed by atoms with Crippen molar-refractivity contribution in [2.75, 3.05) is 12.4 Å².